The molecule has 0 aliphatic rings. The van der Waals surface area contributed by atoms with Gasteiger partial charge in [-0.05, 0) is 29.8 Å². The Balaban J connectivity index is 2.19. The van der Waals surface area contributed by atoms with Gasteiger partial charge in [-0.3, -0.25) is 0 Å². The molecule has 100 valence electrons. The van der Waals surface area contributed by atoms with Gasteiger partial charge in [0.1, 0.15) is 18.1 Å². The summed E-state index contributed by atoms with van der Waals surface area (Å²) in [7, 11) is 0. The van der Waals surface area contributed by atoms with E-state index in [0.29, 0.717) is 27.7 Å². The Morgan fingerprint density at radius 2 is 1.95 bits per heavy atom. The fraction of sp³-hybridized carbons (Fsp3) is 0.143. The highest BCUT2D eigenvalue weighted by molar-refractivity contribution is 9.08. The van der Waals surface area contributed by atoms with E-state index in [2.05, 4.69) is 15.9 Å². The van der Waals surface area contributed by atoms with Crippen LogP contribution >= 0.6 is 39.1 Å². The quantitative estimate of drug-likeness (QED) is 0.761. The lowest BCUT2D eigenvalue weighted by molar-refractivity contribution is 0.303. The summed E-state index contributed by atoms with van der Waals surface area (Å²) in [6.07, 6.45) is 0. The summed E-state index contributed by atoms with van der Waals surface area (Å²) in [5.41, 5.74) is 1.75. The molecule has 0 spiro atoms. The van der Waals surface area contributed by atoms with E-state index in [9.17, 15) is 5.11 Å². The Hall–Kier alpha value is -0.900. The maximum atomic E-state index is 9.40. The molecule has 0 atom stereocenters. The summed E-state index contributed by atoms with van der Waals surface area (Å²) in [5, 5.41) is 11.0. The van der Waals surface area contributed by atoms with Crippen LogP contribution in [0.3, 0.4) is 0 Å². The molecule has 0 saturated carbocycles. The van der Waals surface area contributed by atoms with E-state index in [4.69, 9.17) is 27.9 Å². The minimum Gasteiger partial charge on any atom is -0.508 e. The van der Waals surface area contributed by atoms with Crippen molar-refractivity contribution in [3.05, 3.63) is 57.6 Å². The standard InChI is InChI=1S/C14H11BrCl2O2/c15-7-10-5-11(16)6-13(17)14(10)19-8-9-2-1-3-12(18)4-9/h1-6,18H,7-8H2. The van der Waals surface area contributed by atoms with Crippen LogP contribution < -0.4 is 4.74 Å². The van der Waals surface area contributed by atoms with Gasteiger partial charge in [-0.25, -0.2) is 0 Å². The molecular formula is C14H11BrCl2O2. The number of hydrogen-bond donors (Lipinski definition) is 1. The van der Waals surface area contributed by atoms with Gasteiger partial charge in [0, 0.05) is 15.9 Å². The van der Waals surface area contributed by atoms with Crippen LogP contribution in [0, 0.1) is 0 Å². The van der Waals surface area contributed by atoms with E-state index in [-0.39, 0.29) is 5.75 Å². The van der Waals surface area contributed by atoms with Crippen molar-refractivity contribution in [1.82, 2.24) is 0 Å². The molecule has 2 aromatic rings. The van der Waals surface area contributed by atoms with Crippen LogP contribution in [-0.2, 0) is 11.9 Å². The average Bonchev–Trinajstić information content (AvgIpc) is 2.37. The van der Waals surface area contributed by atoms with Crippen LogP contribution in [0.5, 0.6) is 11.5 Å². The predicted octanol–water partition coefficient (Wildman–Crippen LogP) is 5.17. The fourth-order valence-electron chi connectivity index (χ4n) is 1.68. The Morgan fingerprint density at radius 1 is 1.16 bits per heavy atom. The Kier molecular flexibility index (Phi) is 4.97. The Morgan fingerprint density at radius 3 is 2.63 bits per heavy atom. The molecule has 0 saturated heterocycles. The first-order chi connectivity index (χ1) is 9.10. The second kappa shape index (κ2) is 6.51. The molecule has 19 heavy (non-hydrogen) atoms. The number of halogens is 3. The highest BCUT2D eigenvalue weighted by Gasteiger charge is 2.10. The van der Waals surface area contributed by atoms with Gasteiger partial charge in [-0.2, -0.15) is 0 Å². The lowest BCUT2D eigenvalue weighted by atomic mass is 10.2. The topological polar surface area (TPSA) is 29.5 Å². The molecule has 0 aromatic heterocycles. The van der Waals surface area contributed by atoms with Crippen molar-refractivity contribution >= 4 is 39.1 Å². The van der Waals surface area contributed by atoms with E-state index in [0.717, 1.165) is 11.1 Å². The lowest BCUT2D eigenvalue weighted by Crippen LogP contribution is -1.98. The summed E-state index contributed by atoms with van der Waals surface area (Å²) in [5.74, 6) is 0.815. The summed E-state index contributed by atoms with van der Waals surface area (Å²) < 4.78 is 5.72. The van der Waals surface area contributed by atoms with Gasteiger partial charge in [0.15, 0.2) is 0 Å². The van der Waals surface area contributed by atoms with Gasteiger partial charge in [0.25, 0.3) is 0 Å². The number of rotatable bonds is 4. The second-order valence-electron chi connectivity index (χ2n) is 3.97. The minimum atomic E-state index is 0.212. The van der Waals surface area contributed by atoms with Crippen LogP contribution in [-0.4, -0.2) is 5.11 Å². The van der Waals surface area contributed by atoms with Gasteiger partial charge < -0.3 is 9.84 Å². The van der Waals surface area contributed by atoms with E-state index in [1.807, 2.05) is 6.07 Å². The van der Waals surface area contributed by atoms with Crippen LogP contribution in [0.2, 0.25) is 10.0 Å². The molecule has 0 amide bonds. The van der Waals surface area contributed by atoms with Gasteiger partial charge in [0.05, 0.1) is 5.02 Å². The van der Waals surface area contributed by atoms with Gasteiger partial charge in [0.2, 0.25) is 0 Å². The third-order valence-corrected chi connectivity index (χ3v) is 3.63. The van der Waals surface area contributed by atoms with Crippen molar-refractivity contribution in [2.45, 2.75) is 11.9 Å². The molecule has 0 aliphatic heterocycles. The molecular weight excluding hydrogens is 351 g/mol. The monoisotopic (exact) mass is 360 g/mol. The van der Waals surface area contributed by atoms with E-state index >= 15 is 0 Å². The third-order valence-electron chi connectivity index (χ3n) is 2.52. The Labute approximate surface area is 130 Å². The normalized spacial score (nSPS) is 10.5. The molecule has 1 N–H and O–H groups in total. The number of aromatic hydroxyl groups is 1. The second-order valence-corrected chi connectivity index (χ2v) is 5.37. The molecule has 0 bridgehead atoms. The van der Waals surface area contributed by atoms with Crippen LogP contribution in [0.25, 0.3) is 0 Å². The molecule has 0 heterocycles. The Bertz CT molecular complexity index is 588. The molecule has 2 aromatic carbocycles. The zero-order valence-electron chi connectivity index (χ0n) is 9.87. The van der Waals surface area contributed by atoms with E-state index < -0.39 is 0 Å². The first-order valence-corrected chi connectivity index (χ1v) is 7.42. The number of ether oxygens (including phenoxy) is 1. The summed E-state index contributed by atoms with van der Waals surface area (Å²) in [6.45, 7) is 0.329. The van der Waals surface area contributed by atoms with E-state index in [1.165, 1.54) is 0 Å². The van der Waals surface area contributed by atoms with Crippen LogP contribution in [0.1, 0.15) is 11.1 Å². The lowest BCUT2D eigenvalue weighted by Gasteiger charge is -2.12. The van der Waals surface area contributed by atoms with Crippen molar-refractivity contribution in [3.63, 3.8) is 0 Å². The highest BCUT2D eigenvalue weighted by atomic mass is 79.9. The van der Waals surface area contributed by atoms with Crippen LogP contribution in [0.15, 0.2) is 36.4 Å². The largest absolute Gasteiger partial charge is 0.508 e. The molecule has 2 rings (SSSR count). The fourth-order valence-corrected chi connectivity index (χ4v) is 2.68. The smallest absolute Gasteiger partial charge is 0.142 e. The minimum absolute atomic E-state index is 0.212. The summed E-state index contributed by atoms with van der Waals surface area (Å²) in [6, 6.07) is 10.4. The first kappa shape index (κ1) is 14.5. The molecule has 0 aliphatic carbocycles. The van der Waals surface area contributed by atoms with E-state index in [1.54, 1.807) is 30.3 Å². The van der Waals surface area contributed by atoms with Crippen LogP contribution in [0.4, 0.5) is 0 Å². The zero-order chi connectivity index (χ0) is 13.8. The van der Waals surface area contributed by atoms with Crippen molar-refractivity contribution in [2.75, 3.05) is 0 Å². The van der Waals surface area contributed by atoms with Gasteiger partial charge in [-0.15, -0.1) is 0 Å². The van der Waals surface area contributed by atoms with Crippen molar-refractivity contribution in [2.24, 2.45) is 0 Å². The zero-order valence-corrected chi connectivity index (χ0v) is 13.0. The molecule has 5 heteroatoms. The number of alkyl halides is 1. The molecule has 0 radical (unpaired) electrons. The molecule has 0 unspecified atom stereocenters. The molecule has 2 nitrogen and oxygen atoms in total. The average molecular weight is 362 g/mol. The first-order valence-electron chi connectivity index (χ1n) is 5.54. The predicted molar refractivity (Wildman–Crippen MR) is 81.5 cm³/mol. The number of phenolic OH excluding ortho intramolecular Hbond substituents is 1. The highest BCUT2D eigenvalue weighted by Crippen LogP contribution is 2.34. The summed E-state index contributed by atoms with van der Waals surface area (Å²) in [4.78, 5) is 0. The molecule has 0 fully saturated rings. The van der Waals surface area contributed by atoms with Crippen molar-refractivity contribution < 1.29 is 9.84 Å². The van der Waals surface area contributed by atoms with Gasteiger partial charge in [-0.1, -0.05) is 51.3 Å². The maximum absolute atomic E-state index is 9.40. The number of phenols is 1. The van der Waals surface area contributed by atoms with Gasteiger partial charge >= 0.3 is 0 Å². The SMILES string of the molecule is Oc1cccc(COc2c(Cl)cc(Cl)cc2CBr)c1. The van der Waals surface area contributed by atoms with Crippen molar-refractivity contribution in [3.8, 4) is 11.5 Å². The maximum Gasteiger partial charge on any atom is 0.142 e. The number of benzene rings is 2. The number of hydrogen-bond acceptors (Lipinski definition) is 2. The summed E-state index contributed by atoms with van der Waals surface area (Å²) >= 11 is 15.5. The third kappa shape index (κ3) is 3.78. The van der Waals surface area contributed by atoms with Crippen molar-refractivity contribution in [1.29, 1.82) is 0 Å².